The number of nitrogens with one attached hydrogen (secondary N) is 1. The number of hydrogen-bond acceptors (Lipinski definition) is 4. The highest BCUT2D eigenvalue weighted by Crippen LogP contribution is 2.20. The highest BCUT2D eigenvalue weighted by molar-refractivity contribution is 5.22. The molecule has 1 atom stereocenters. The lowest BCUT2D eigenvalue weighted by Gasteiger charge is -2.20. The van der Waals surface area contributed by atoms with Crippen LogP contribution in [-0.2, 0) is 13.2 Å². The molecule has 1 aromatic carbocycles. The predicted molar refractivity (Wildman–Crippen MR) is 76.3 cm³/mol. The van der Waals surface area contributed by atoms with Crippen molar-refractivity contribution in [2.45, 2.75) is 31.9 Å². The van der Waals surface area contributed by atoms with Gasteiger partial charge in [-0.3, -0.25) is 0 Å². The molecule has 0 radical (unpaired) electrons. The van der Waals surface area contributed by atoms with Crippen molar-refractivity contribution in [1.29, 1.82) is 0 Å². The van der Waals surface area contributed by atoms with Crippen LogP contribution >= 0.6 is 0 Å². The van der Waals surface area contributed by atoms with Gasteiger partial charge in [-0.25, -0.2) is 4.68 Å². The lowest BCUT2D eigenvalue weighted by atomic mass is 9.97. The zero-order valence-corrected chi connectivity index (χ0v) is 11.5. The second-order valence-corrected chi connectivity index (χ2v) is 5.36. The fraction of sp³-hybridized carbons (Fsp3) is 0.467. The van der Waals surface area contributed by atoms with Crippen LogP contribution < -0.4 is 5.32 Å². The van der Waals surface area contributed by atoms with E-state index in [4.69, 9.17) is 5.11 Å². The van der Waals surface area contributed by atoms with Gasteiger partial charge in [0.15, 0.2) is 0 Å². The molecular weight excluding hydrogens is 252 g/mol. The molecule has 0 aliphatic carbocycles. The van der Waals surface area contributed by atoms with E-state index in [0.717, 1.165) is 30.9 Å². The second kappa shape index (κ2) is 6.15. The molecule has 0 spiro atoms. The van der Waals surface area contributed by atoms with E-state index in [1.54, 1.807) is 0 Å². The summed E-state index contributed by atoms with van der Waals surface area (Å²) in [7, 11) is 0. The molecule has 1 saturated heterocycles. The number of aliphatic hydroxyl groups is 1. The van der Waals surface area contributed by atoms with E-state index in [0.29, 0.717) is 5.92 Å². The quantitative estimate of drug-likeness (QED) is 0.880. The minimum Gasteiger partial charge on any atom is -0.392 e. The third-order valence-corrected chi connectivity index (χ3v) is 3.82. The SMILES string of the molecule is OCc1ccc(Cn2cc([C@@H]3CCCNC3)nn2)cc1. The maximum Gasteiger partial charge on any atom is 0.0870 e. The number of hydrogen-bond donors (Lipinski definition) is 2. The average molecular weight is 272 g/mol. The Morgan fingerprint density at radius 2 is 2.05 bits per heavy atom. The van der Waals surface area contributed by atoms with E-state index in [1.165, 1.54) is 18.4 Å². The fourth-order valence-electron chi connectivity index (χ4n) is 2.62. The van der Waals surface area contributed by atoms with E-state index < -0.39 is 0 Å². The van der Waals surface area contributed by atoms with Crippen LogP contribution in [0.15, 0.2) is 30.5 Å². The molecule has 2 aromatic rings. The number of aliphatic hydroxyl groups excluding tert-OH is 1. The molecular formula is C15H20N4O. The zero-order valence-electron chi connectivity index (χ0n) is 11.5. The summed E-state index contributed by atoms with van der Waals surface area (Å²) < 4.78 is 1.89. The van der Waals surface area contributed by atoms with Crippen molar-refractivity contribution in [3.8, 4) is 0 Å². The first-order valence-electron chi connectivity index (χ1n) is 7.14. The van der Waals surface area contributed by atoms with E-state index in [1.807, 2.05) is 28.9 Å². The predicted octanol–water partition coefficient (Wildman–Crippen LogP) is 1.29. The molecule has 106 valence electrons. The summed E-state index contributed by atoms with van der Waals surface area (Å²) in [6.45, 7) is 2.92. The van der Waals surface area contributed by atoms with Gasteiger partial charge in [0.1, 0.15) is 0 Å². The molecule has 0 saturated carbocycles. The minimum absolute atomic E-state index is 0.0857. The number of nitrogens with zero attached hydrogens (tertiary/aromatic N) is 3. The lowest BCUT2D eigenvalue weighted by Crippen LogP contribution is -2.28. The van der Waals surface area contributed by atoms with Gasteiger partial charge in [0.05, 0.1) is 18.8 Å². The van der Waals surface area contributed by atoms with Crippen LogP contribution in [0.25, 0.3) is 0 Å². The third kappa shape index (κ3) is 3.05. The van der Waals surface area contributed by atoms with Crippen LogP contribution in [0.1, 0.15) is 35.6 Å². The van der Waals surface area contributed by atoms with Crippen LogP contribution in [0.5, 0.6) is 0 Å². The molecule has 3 rings (SSSR count). The number of piperidine rings is 1. The minimum atomic E-state index is 0.0857. The van der Waals surface area contributed by atoms with Gasteiger partial charge in [-0.1, -0.05) is 29.5 Å². The van der Waals surface area contributed by atoms with Crippen LogP contribution in [0.4, 0.5) is 0 Å². The molecule has 5 heteroatoms. The van der Waals surface area contributed by atoms with Gasteiger partial charge in [-0.15, -0.1) is 5.10 Å². The molecule has 1 aliphatic rings. The second-order valence-electron chi connectivity index (χ2n) is 5.36. The zero-order chi connectivity index (χ0) is 13.8. The van der Waals surface area contributed by atoms with Gasteiger partial charge < -0.3 is 10.4 Å². The molecule has 1 aromatic heterocycles. The van der Waals surface area contributed by atoms with Crippen molar-refractivity contribution in [3.63, 3.8) is 0 Å². The molecule has 20 heavy (non-hydrogen) atoms. The Bertz CT molecular complexity index is 543. The Hall–Kier alpha value is -1.72. The van der Waals surface area contributed by atoms with Gasteiger partial charge in [-0.05, 0) is 30.5 Å². The first kappa shape index (κ1) is 13.3. The smallest absolute Gasteiger partial charge is 0.0870 e. The standard InChI is InChI=1S/C15H20N4O/c20-11-13-5-3-12(4-6-13)9-19-10-15(17-18-19)14-2-1-7-16-8-14/h3-6,10,14,16,20H,1-2,7-9,11H2/t14-/m1/s1. The van der Waals surface area contributed by atoms with Gasteiger partial charge in [0.25, 0.3) is 0 Å². The Kier molecular flexibility index (Phi) is 4.08. The monoisotopic (exact) mass is 272 g/mol. The normalized spacial score (nSPS) is 19.1. The van der Waals surface area contributed by atoms with Gasteiger partial charge >= 0.3 is 0 Å². The summed E-state index contributed by atoms with van der Waals surface area (Å²) >= 11 is 0. The summed E-state index contributed by atoms with van der Waals surface area (Å²) in [6.07, 6.45) is 4.45. The van der Waals surface area contributed by atoms with E-state index in [9.17, 15) is 0 Å². The molecule has 0 amide bonds. The first-order chi connectivity index (χ1) is 9.85. The Labute approximate surface area is 118 Å². The molecule has 0 bridgehead atoms. The molecule has 2 heterocycles. The van der Waals surface area contributed by atoms with Crippen molar-refractivity contribution in [2.75, 3.05) is 13.1 Å². The molecule has 5 nitrogen and oxygen atoms in total. The average Bonchev–Trinajstić information content (AvgIpc) is 2.97. The van der Waals surface area contributed by atoms with Crippen molar-refractivity contribution in [2.24, 2.45) is 0 Å². The van der Waals surface area contributed by atoms with Crippen molar-refractivity contribution in [3.05, 3.63) is 47.3 Å². The van der Waals surface area contributed by atoms with Crippen LogP contribution in [0.2, 0.25) is 0 Å². The summed E-state index contributed by atoms with van der Waals surface area (Å²) in [5, 5.41) is 21.0. The number of rotatable bonds is 4. The van der Waals surface area contributed by atoms with Crippen LogP contribution in [-0.4, -0.2) is 33.2 Å². The summed E-state index contributed by atoms with van der Waals surface area (Å²) in [5.41, 5.74) is 3.19. The third-order valence-electron chi connectivity index (χ3n) is 3.82. The van der Waals surface area contributed by atoms with E-state index >= 15 is 0 Å². The highest BCUT2D eigenvalue weighted by atomic mass is 16.3. The Balaban J connectivity index is 1.66. The summed E-state index contributed by atoms with van der Waals surface area (Å²) in [4.78, 5) is 0. The number of aromatic nitrogens is 3. The topological polar surface area (TPSA) is 63.0 Å². The molecule has 2 N–H and O–H groups in total. The van der Waals surface area contributed by atoms with Crippen LogP contribution in [0, 0.1) is 0 Å². The maximum atomic E-state index is 9.03. The first-order valence-corrected chi connectivity index (χ1v) is 7.14. The van der Waals surface area contributed by atoms with Crippen molar-refractivity contribution in [1.82, 2.24) is 20.3 Å². The summed E-state index contributed by atoms with van der Waals surface area (Å²) in [5.74, 6) is 0.495. The van der Waals surface area contributed by atoms with E-state index in [2.05, 4.69) is 21.8 Å². The lowest BCUT2D eigenvalue weighted by molar-refractivity contribution is 0.282. The maximum absolute atomic E-state index is 9.03. The highest BCUT2D eigenvalue weighted by Gasteiger charge is 2.18. The van der Waals surface area contributed by atoms with Gasteiger partial charge in [-0.2, -0.15) is 0 Å². The van der Waals surface area contributed by atoms with Gasteiger partial charge in [0.2, 0.25) is 0 Å². The molecule has 1 aliphatic heterocycles. The summed E-state index contributed by atoms with van der Waals surface area (Å²) in [6, 6.07) is 7.93. The van der Waals surface area contributed by atoms with Gasteiger partial charge in [0, 0.05) is 18.7 Å². The van der Waals surface area contributed by atoms with Crippen molar-refractivity contribution < 1.29 is 5.11 Å². The fourth-order valence-corrected chi connectivity index (χ4v) is 2.62. The molecule has 0 unspecified atom stereocenters. The van der Waals surface area contributed by atoms with Crippen LogP contribution in [0.3, 0.4) is 0 Å². The molecule has 1 fully saturated rings. The van der Waals surface area contributed by atoms with Crippen molar-refractivity contribution >= 4 is 0 Å². The Morgan fingerprint density at radius 1 is 1.25 bits per heavy atom. The Morgan fingerprint density at radius 3 is 2.75 bits per heavy atom. The largest absolute Gasteiger partial charge is 0.392 e. The van der Waals surface area contributed by atoms with E-state index in [-0.39, 0.29) is 6.61 Å². The number of benzene rings is 1.